The number of rotatable bonds is 4. The molecule has 3 aromatic heterocycles. The van der Waals surface area contributed by atoms with Gasteiger partial charge in [-0.1, -0.05) is 12.1 Å². The Morgan fingerprint density at radius 2 is 1.89 bits per heavy atom. The monoisotopic (exact) mass is 483 g/mol. The number of carbonyl (C=O) groups excluding carboxylic acids is 1. The van der Waals surface area contributed by atoms with E-state index in [9.17, 15) is 9.59 Å². The van der Waals surface area contributed by atoms with Gasteiger partial charge in [0, 0.05) is 11.6 Å². The van der Waals surface area contributed by atoms with Crippen molar-refractivity contribution < 1.29 is 14.3 Å². The molecule has 2 N–H and O–H groups in total. The standard InChI is InChI=1S/C25H21N7O4/c1-13-5-4-6-18(15(13)3)31-22-17(11-26-31)24(34)29-25(28-22)32-21(9-14(2)30-32)27-23(33)16-7-8-19-20(10-16)36-12-35-19/h4-11H,12H2,1-3H3,(H,27,33)(H,28,29,34). The van der Waals surface area contributed by atoms with Gasteiger partial charge < -0.3 is 14.8 Å². The maximum Gasteiger partial charge on any atom is 0.263 e. The lowest BCUT2D eigenvalue weighted by Crippen LogP contribution is -2.19. The molecule has 11 heteroatoms. The summed E-state index contributed by atoms with van der Waals surface area (Å²) in [6.07, 6.45) is 1.49. The van der Waals surface area contributed by atoms with Gasteiger partial charge in [-0.2, -0.15) is 19.9 Å². The predicted molar refractivity (Wildman–Crippen MR) is 131 cm³/mol. The van der Waals surface area contributed by atoms with E-state index in [1.165, 1.54) is 10.9 Å². The number of H-pyrrole nitrogens is 1. The van der Waals surface area contributed by atoms with Crippen LogP contribution in [0.5, 0.6) is 11.5 Å². The maximum atomic E-state index is 13.0. The Bertz CT molecular complexity index is 1730. The van der Waals surface area contributed by atoms with Crippen LogP contribution in [-0.2, 0) is 0 Å². The number of nitrogens with zero attached hydrogens (tertiary/aromatic N) is 5. The average Bonchev–Trinajstić information content (AvgIpc) is 3.58. The molecule has 0 saturated heterocycles. The lowest BCUT2D eigenvalue weighted by Gasteiger charge is -2.11. The molecule has 0 radical (unpaired) electrons. The highest BCUT2D eigenvalue weighted by atomic mass is 16.7. The molecule has 1 aliphatic rings. The molecule has 0 spiro atoms. The van der Waals surface area contributed by atoms with E-state index in [-0.39, 0.29) is 24.2 Å². The third kappa shape index (κ3) is 3.49. The lowest BCUT2D eigenvalue weighted by atomic mass is 10.1. The number of aromatic amines is 1. The number of fused-ring (bicyclic) bond motifs is 2. The fraction of sp³-hybridized carbons (Fsp3) is 0.160. The van der Waals surface area contributed by atoms with Gasteiger partial charge in [0.2, 0.25) is 12.7 Å². The number of aryl methyl sites for hydroxylation is 2. The zero-order valence-corrected chi connectivity index (χ0v) is 19.7. The molecular formula is C25H21N7O4. The number of hydrogen-bond donors (Lipinski definition) is 2. The SMILES string of the molecule is Cc1cc(NC(=O)c2ccc3c(c2)OCO3)n(-c2nc3c(cnn3-c3cccc(C)c3C)c(=O)[nH]2)n1. The van der Waals surface area contributed by atoms with Crippen molar-refractivity contribution >= 4 is 22.8 Å². The summed E-state index contributed by atoms with van der Waals surface area (Å²) in [6, 6.07) is 12.5. The van der Waals surface area contributed by atoms with Crippen LogP contribution in [0.15, 0.2) is 53.5 Å². The van der Waals surface area contributed by atoms with Gasteiger partial charge in [-0.3, -0.25) is 14.6 Å². The number of carbonyl (C=O) groups is 1. The van der Waals surface area contributed by atoms with Crippen molar-refractivity contribution in [1.82, 2.24) is 29.5 Å². The summed E-state index contributed by atoms with van der Waals surface area (Å²) in [5.74, 6) is 1.20. The van der Waals surface area contributed by atoms with Crippen molar-refractivity contribution in [2.45, 2.75) is 20.8 Å². The minimum atomic E-state index is -0.377. The zero-order valence-electron chi connectivity index (χ0n) is 19.7. The fourth-order valence-electron chi connectivity index (χ4n) is 4.12. The van der Waals surface area contributed by atoms with Crippen molar-refractivity contribution in [3.8, 4) is 23.1 Å². The van der Waals surface area contributed by atoms with Gasteiger partial charge in [-0.25, -0.2) is 4.68 Å². The summed E-state index contributed by atoms with van der Waals surface area (Å²) < 4.78 is 13.7. The Hall–Kier alpha value is -4.93. The summed E-state index contributed by atoms with van der Waals surface area (Å²) in [5.41, 5.74) is 3.96. The second kappa shape index (κ2) is 8.08. The summed E-state index contributed by atoms with van der Waals surface area (Å²) in [6.45, 7) is 5.90. The van der Waals surface area contributed by atoms with Gasteiger partial charge in [0.05, 0.1) is 17.6 Å². The van der Waals surface area contributed by atoms with Crippen LogP contribution in [0.1, 0.15) is 27.2 Å². The summed E-state index contributed by atoms with van der Waals surface area (Å²) in [7, 11) is 0. The molecule has 5 aromatic rings. The molecule has 4 heterocycles. The molecule has 0 aliphatic carbocycles. The van der Waals surface area contributed by atoms with Gasteiger partial charge in [0.25, 0.3) is 11.5 Å². The molecule has 6 rings (SSSR count). The maximum absolute atomic E-state index is 13.0. The number of aromatic nitrogens is 6. The van der Waals surface area contributed by atoms with E-state index in [1.54, 1.807) is 35.9 Å². The Kier molecular flexibility index (Phi) is 4.85. The quantitative estimate of drug-likeness (QED) is 0.402. The molecule has 2 aromatic carbocycles. The van der Waals surface area contributed by atoms with E-state index in [4.69, 9.17) is 9.47 Å². The van der Waals surface area contributed by atoms with Gasteiger partial charge in [0.15, 0.2) is 17.1 Å². The highest BCUT2D eigenvalue weighted by Crippen LogP contribution is 2.32. The van der Waals surface area contributed by atoms with Crippen LogP contribution in [0, 0.1) is 20.8 Å². The van der Waals surface area contributed by atoms with Crippen molar-refractivity contribution in [2.75, 3.05) is 12.1 Å². The third-order valence-corrected chi connectivity index (χ3v) is 6.14. The van der Waals surface area contributed by atoms with Gasteiger partial charge in [-0.15, -0.1) is 0 Å². The number of hydrogen-bond acceptors (Lipinski definition) is 7. The second-order valence-corrected chi connectivity index (χ2v) is 8.51. The molecule has 1 amide bonds. The third-order valence-electron chi connectivity index (χ3n) is 6.14. The molecule has 0 atom stereocenters. The highest BCUT2D eigenvalue weighted by Gasteiger charge is 2.20. The number of amides is 1. The molecule has 0 bridgehead atoms. The van der Waals surface area contributed by atoms with Crippen LogP contribution >= 0.6 is 0 Å². The van der Waals surface area contributed by atoms with E-state index >= 15 is 0 Å². The van der Waals surface area contributed by atoms with Crippen LogP contribution in [0.2, 0.25) is 0 Å². The number of ether oxygens (including phenoxy) is 2. The number of benzene rings is 2. The van der Waals surface area contributed by atoms with Crippen molar-refractivity contribution in [3.05, 3.63) is 81.4 Å². The first kappa shape index (κ1) is 21.6. The number of anilines is 1. The van der Waals surface area contributed by atoms with Gasteiger partial charge >= 0.3 is 0 Å². The van der Waals surface area contributed by atoms with Crippen molar-refractivity contribution in [2.24, 2.45) is 0 Å². The van der Waals surface area contributed by atoms with Crippen LogP contribution in [-0.4, -0.2) is 42.2 Å². The summed E-state index contributed by atoms with van der Waals surface area (Å²) in [4.78, 5) is 33.4. The van der Waals surface area contributed by atoms with Gasteiger partial charge in [-0.05, 0) is 56.2 Å². The molecule has 11 nitrogen and oxygen atoms in total. The lowest BCUT2D eigenvalue weighted by molar-refractivity contribution is 0.102. The predicted octanol–water partition coefficient (Wildman–Crippen LogP) is 3.20. The van der Waals surface area contributed by atoms with Crippen LogP contribution < -0.4 is 20.3 Å². The molecule has 0 saturated carbocycles. The van der Waals surface area contributed by atoms with E-state index in [1.807, 2.05) is 32.0 Å². The minimum absolute atomic E-state index is 0.118. The minimum Gasteiger partial charge on any atom is -0.454 e. The largest absolute Gasteiger partial charge is 0.454 e. The smallest absolute Gasteiger partial charge is 0.263 e. The van der Waals surface area contributed by atoms with Crippen LogP contribution in [0.4, 0.5) is 5.82 Å². The van der Waals surface area contributed by atoms with E-state index in [0.29, 0.717) is 39.6 Å². The first-order chi connectivity index (χ1) is 17.4. The van der Waals surface area contributed by atoms with Crippen molar-refractivity contribution in [3.63, 3.8) is 0 Å². The molecule has 1 aliphatic heterocycles. The topological polar surface area (TPSA) is 129 Å². The molecule has 0 unspecified atom stereocenters. The number of nitrogens with one attached hydrogen (secondary N) is 2. The second-order valence-electron chi connectivity index (χ2n) is 8.51. The first-order valence-electron chi connectivity index (χ1n) is 11.2. The van der Waals surface area contributed by atoms with Crippen LogP contribution in [0.3, 0.4) is 0 Å². The zero-order chi connectivity index (χ0) is 25.0. The highest BCUT2D eigenvalue weighted by molar-refractivity contribution is 6.04. The Morgan fingerprint density at radius 1 is 1.06 bits per heavy atom. The van der Waals surface area contributed by atoms with E-state index in [0.717, 1.165) is 16.8 Å². The first-order valence-corrected chi connectivity index (χ1v) is 11.2. The van der Waals surface area contributed by atoms with Gasteiger partial charge in [0.1, 0.15) is 11.2 Å². The molecule has 180 valence electrons. The molecule has 0 fully saturated rings. The Balaban J connectivity index is 1.41. The fourth-order valence-corrected chi connectivity index (χ4v) is 4.12. The molecular weight excluding hydrogens is 462 g/mol. The normalized spacial score (nSPS) is 12.3. The van der Waals surface area contributed by atoms with Crippen LogP contribution in [0.25, 0.3) is 22.7 Å². The van der Waals surface area contributed by atoms with Crippen molar-refractivity contribution in [1.29, 1.82) is 0 Å². The Labute approximate surface area is 204 Å². The Morgan fingerprint density at radius 3 is 2.75 bits per heavy atom. The summed E-state index contributed by atoms with van der Waals surface area (Å²) in [5, 5.41) is 12.1. The summed E-state index contributed by atoms with van der Waals surface area (Å²) >= 11 is 0. The van der Waals surface area contributed by atoms with E-state index in [2.05, 4.69) is 25.5 Å². The molecule has 36 heavy (non-hydrogen) atoms. The average molecular weight is 483 g/mol. The van der Waals surface area contributed by atoms with E-state index < -0.39 is 0 Å².